The van der Waals surface area contributed by atoms with E-state index in [9.17, 15) is 23.3 Å². The van der Waals surface area contributed by atoms with E-state index in [1.807, 2.05) is 18.2 Å². The summed E-state index contributed by atoms with van der Waals surface area (Å²) < 4.78 is 26.3. The Bertz CT molecular complexity index is 1050. The van der Waals surface area contributed by atoms with Crippen molar-refractivity contribution in [1.29, 1.82) is 0 Å². The number of nitro groups is 1. The van der Waals surface area contributed by atoms with E-state index in [2.05, 4.69) is 0 Å². The van der Waals surface area contributed by atoms with Crippen LogP contribution in [0.1, 0.15) is 15.9 Å². The molecule has 29 heavy (non-hydrogen) atoms. The highest BCUT2D eigenvalue weighted by molar-refractivity contribution is 7.92. The van der Waals surface area contributed by atoms with Gasteiger partial charge in [-0.25, -0.2) is 8.42 Å². The van der Waals surface area contributed by atoms with Gasteiger partial charge in [-0.1, -0.05) is 41.9 Å². The summed E-state index contributed by atoms with van der Waals surface area (Å²) in [6, 6.07) is 12.8. The van der Waals surface area contributed by atoms with Crippen molar-refractivity contribution in [2.75, 3.05) is 26.2 Å². The Hall–Kier alpha value is -2.75. The van der Waals surface area contributed by atoms with E-state index in [0.29, 0.717) is 0 Å². The van der Waals surface area contributed by atoms with Crippen LogP contribution in [0.15, 0.2) is 53.9 Å². The second-order valence-electron chi connectivity index (χ2n) is 6.37. The predicted molar refractivity (Wildman–Crippen MR) is 110 cm³/mol. The molecule has 3 rings (SSSR count). The maximum Gasteiger partial charge on any atom is 0.282 e. The second kappa shape index (κ2) is 8.73. The van der Waals surface area contributed by atoms with Crippen LogP contribution < -0.4 is 0 Å². The number of piperazine rings is 1. The van der Waals surface area contributed by atoms with Crippen molar-refractivity contribution >= 4 is 39.3 Å². The maximum atomic E-state index is 12.7. The highest BCUT2D eigenvalue weighted by Gasteiger charge is 2.30. The van der Waals surface area contributed by atoms with Crippen molar-refractivity contribution in [2.24, 2.45) is 0 Å². The van der Waals surface area contributed by atoms with Gasteiger partial charge in [-0.05, 0) is 23.8 Å². The summed E-state index contributed by atoms with van der Waals surface area (Å²) in [6.45, 7) is 0.449. The number of hydrogen-bond acceptors (Lipinski definition) is 5. The van der Waals surface area contributed by atoms with Gasteiger partial charge in [0.15, 0.2) is 0 Å². The highest BCUT2D eigenvalue weighted by atomic mass is 35.5. The fourth-order valence-electron chi connectivity index (χ4n) is 2.97. The van der Waals surface area contributed by atoms with Crippen LogP contribution in [0.25, 0.3) is 6.08 Å². The van der Waals surface area contributed by atoms with E-state index in [0.717, 1.165) is 11.0 Å². The number of sulfonamides is 1. The number of halogens is 1. The number of rotatable bonds is 5. The molecule has 0 saturated carbocycles. The van der Waals surface area contributed by atoms with E-state index in [1.165, 1.54) is 33.5 Å². The third-order valence-electron chi connectivity index (χ3n) is 4.50. The number of nitro benzene ring substituents is 1. The fourth-order valence-corrected chi connectivity index (χ4v) is 4.32. The Morgan fingerprint density at radius 3 is 2.34 bits per heavy atom. The van der Waals surface area contributed by atoms with E-state index in [-0.39, 0.29) is 42.5 Å². The Balaban J connectivity index is 1.69. The first-order chi connectivity index (χ1) is 13.8. The topological polar surface area (TPSA) is 101 Å². The zero-order valence-corrected chi connectivity index (χ0v) is 16.8. The molecule has 0 unspecified atom stereocenters. The van der Waals surface area contributed by atoms with Crippen LogP contribution in [0.3, 0.4) is 0 Å². The molecule has 1 aliphatic rings. The molecular weight excluding hydrogens is 418 g/mol. The summed E-state index contributed by atoms with van der Waals surface area (Å²) in [7, 11) is -3.64. The van der Waals surface area contributed by atoms with Crippen molar-refractivity contribution in [3.05, 3.63) is 80.2 Å². The summed E-state index contributed by atoms with van der Waals surface area (Å²) in [4.78, 5) is 24.7. The monoisotopic (exact) mass is 435 g/mol. The third kappa shape index (κ3) is 5.00. The summed E-state index contributed by atoms with van der Waals surface area (Å²) in [6.07, 6.45) is 1.52. The zero-order valence-electron chi connectivity index (χ0n) is 15.3. The van der Waals surface area contributed by atoms with E-state index < -0.39 is 20.9 Å². The van der Waals surface area contributed by atoms with Gasteiger partial charge < -0.3 is 4.90 Å². The molecule has 0 bridgehead atoms. The van der Waals surface area contributed by atoms with E-state index in [4.69, 9.17) is 11.6 Å². The minimum atomic E-state index is -3.64. The van der Waals surface area contributed by atoms with Gasteiger partial charge in [-0.2, -0.15) is 4.31 Å². The smallest absolute Gasteiger partial charge is 0.282 e. The summed E-state index contributed by atoms with van der Waals surface area (Å²) in [5.41, 5.74) is 0.321. The molecule has 152 valence electrons. The van der Waals surface area contributed by atoms with Crippen LogP contribution in [0, 0.1) is 10.1 Å². The molecule has 0 atom stereocenters. The fraction of sp³-hybridized carbons (Fsp3) is 0.211. The first-order valence-electron chi connectivity index (χ1n) is 8.74. The Kier molecular flexibility index (Phi) is 6.31. The normalized spacial score (nSPS) is 15.6. The molecule has 8 nitrogen and oxygen atoms in total. The zero-order chi connectivity index (χ0) is 21.0. The Morgan fingerprint density at radius 1 is 1.07 bits per heavy atom. The average Bonchev–Trinajstić information content (AvgIpc) is 2.72. The van der Waals surface area contributed by atoms with Gasteiger partial charge in [0.1, 0.15) is 5.56 Å². The van der Waals surface area contributed by atoms with E-state index in [1.54, 1.807) is 12.1 Å². The summed E-state index contributed by atoms with van der Waals surface area (Å²) in [5.74, 6) is -0.545. The minimum absolute atomic E-state index is 0.0988. The van der Waals surface area contributed by atoms with Gasteiger partial charge in [0.2, 0.25) is 10.0 Å². The highest BCUT2D eigenvalue weighted by Crippen LogP contribution is 2.25. The quantitative estimate of drug-likeness (QED) is 0.530. The van der Waals surface area contributed by atoms with Crippen molar-refractivity contribution in [3.8, 4) is 0 Å². The number of amides is 1. The molecule has 0 N–H and O–H groups in total. The Labute approximate surface area is 173 Å². The lowest BCUT2D eigenvalue weighted by molar-refractivity contribution is -0.385. The van der Waals surface area contributed by atoms with E-state index >= 15 is 0 Å². The summed E-state index contributed by atoms with van der Waals surface area (Å²) in [5, 5.41) is 12.5. The molecule has 0 aliphatic carbocycles. The lowest BCUT2D eigenvalue weighted by Gasteiger charge is -2.33. The molecule has 0 aromatic heterocycles. The van der Waals surface area contributed by atoms with Crippen molar-refractivity contribution in [1.82, 2.24) is 9.21 Å². The van der Waals surface area contributed by atoms with Gasteiger partial charge >= 0.3 is 0 Å². The number of carbonyl (C=O) groups excluding carboxylic acids is 1. The van der Waals surface area contributed by atoms with Crippen molar-refractivity contribution in [3.63, 3.8) is 0 Å². The van der Waals surface area contributed by atoms with Crippen molar-refractivity contribution < 1.29 is 18.1 Å². The predicted octanol–water partition coefficient (Wildman–Crippen LogP) is 3.01. The standard InChI is InChI=1S/C19H18ClN3O5S/c20-16-6-7-18(23(25)26)17(14-16)19(24)21-9-11-22(12-10-21)29(27,28)13-8-15-4-2-1-3-5-15/h1-8,13-14H,9-12H2/b13-8+. The third-order valence-corrected chi connectivity index (χ3v) is 6.30. The van der Waals surface area contributed by atoms with Crippen LogP contribution >= 0.6 is 11.6 Å². The Morgan fingerprint density at radius 2 is 1.72 bits per heavy atom. The first-order valence-corrected chi connectivity index (χ1v) is 10.6. The van der Waals surface area contributed by atoms with Gasteiger partial charge in [0, 0.05) is 42.7 Å². The van der Waals surface area contributed by atoms with Gasteiger partial charge in [-0.15, -0.1) is 0 Å². The number of carbonyl (C=O) groups is 1. The maximum absolute atomic E-state index is 12.7. The molecule has 1 amide bonds. The molecule has 10 heteroatoms. The molecule has 0 radical (unpaired) electrons. The lowest BCUT2D eigenvalue weighted by atomic mass is 10.1. The van der Waals surface area contributed by atoms with Crippen molar-refractivity contribution in [2.45, 2.75) is 0 Å². The minimum Gasteiger partial charge on any atom is -0.336 e. The van der Waals surface area contributed by atoms with Crippen LogP contribution in [-0.2, 0) is 10.0 Å². The van der Waals surface area contributed by atoms with Gasteiger partial charge in [0.25, 0.3) is 11.6 Å². The van der Waals surface area contributed by atoms with Gasteiger partial charge in [-0.3, -0.25) is 14.9 Å². The molecule has 2 aromatic rings. The number of benzene rings is 2. The molecule has 1 aliphatic heterocycles. The van der Waals surface area contributed by atoms with Crippen LogP contribution in [0.2, 0.25) is 5.02 Å². The second-order valence-corrected chi connectivity index (χ2v) is 8.62. The van der Waals surface area contributed by atoms with Crippen LogP contribution in [-0.4, -0.2) is 54.6 Å². The number of hydrogen-bond donors (Lipinski definition) is 0. The molecule has 0 spiro atoms. The van der Waals surface area contributed by atoms with Crippen LogP contribution in [0.5, 0.6) is 0 Å². The summed E-state index contributed by atoms with van der Waals surface area (Å²) >= 11 is 5.88. The first kappa shape index (κ1) is 21.0. The molecule has 2 aromatic carbocycles. The molecule has 1 fully saturated rings. The lowest BCUT2D eigenvalue weighted by Crippen LogP contribution is -2.50. The molecular formula is C19H18ClN3O5S. The number of nitrogens with zero attached hydrogens (tertiary/aromatic N) is 3. The molecule has 1 heterocycles. The SMILES string of the molecule is O=C(c1cc(Cl)ccc1[N+](=O)[O-])N1CCN(S(=O)(=O)/C=C/c2ccccc2)CC1. The van der Waals surface area contributed by atoms with Gasteiger partial charge in [0.05, 0.1) is 4.92 Å². The van der Waals surface area contributed by atoms with Crippen LogP contribution in [0.4, 0.5) is 5.69 Å². The largest absolute Gasteiger partial charge is 0.336 e. The average molecular weight is 436 g/mol. The molecule has 1 saturated heterocycles.